The lowest BCUT2D eigenvalue weighted by atomic mass is 10.0. The first-order valence-corrected chi connectivity index (χ1v) is 12.3. The van der Waals surface area contributed by atoms with Crippen molar-refractivity contribution >= 4 is 29.6 Å². The van der Waals surface area contributed by atoms with Gasteiger partial charge in [-0.2, -0.15) is 13.2 Å². The Kier molecular flexibility index (Phi) is 9.80. The maximum Gasteiger partial charge on any atom is 0.471 e. The van der Waals surface area contributed by atoms with Crippen molar-refractivity contribution in [2.24, 2.45) is 0 Å². The van der Waals surface area contributed by atoms with Crippen LogP contribution in [0.15, 0.2) is 48.5 Å². The summed E-state index contributed by atoms with van der Waals surface area (Å²) in [4.78, 5) is 63.4. The molecule has 0 aromatic heterocycles. The van der Waals surface area contributed by atoms with Crippen LogP contribution < -0.4 is 10.6 Å². The number of aryl methyl sites for hydroxylation is 1. The van der Waals surface area contributed by atoms with Crippen LogP contribution in [-0.4, -0.2) is 46.9 Å². The van der Waals surface area contributed by atoms with Gasteiger partial charge < -0.3 is 15.5 Å². The molecular weight excluding hydrogens is 519 g/mol. The third-order valence-electron chi connectivity index (χ3n) is 5.93. The van der Waals surface area contributed by atoms with Crippen molar-refractivity contribution in [2.45, 2.75) is 64.2 Å². The van der Waals surface area contributed by atoms with Crippen LogP contribution in [0.4, 0.5) is 13.2 Å². The van der Waals surface area contributed by atoms with Crippen LogP contribution in [-0.2, 0) is 43.4 Å². The number of nitrogens with zero attached hydrogens (tertiary/aromatic N) is 1. The summed E-state index contributed by atoms with van der Waals surface area (Å²) in [6.45, 7) is 1.75. The summed E-state index contributed by atoms with van der Waals surface area (Å²) in [6, 6.07) is 12.8. The largest absolute Gasteiger partial charge is 0.471 e. The van der Waals surface area contributed by atoms with E-state index in [2.05, 4.69) is 5.32 Å². The van der Waals surface area contributed by atoms with E-state index in [0.717, 1.165) is 16.7 Å². The number of halogens is 3. The van der Waals surface area contributed by atoms with Gasteiger partial charge in [-0.1, -0.05) is 36.4 Å². The van der Waals surface area contributed by atoms with Crippen LogP contribution in [0.3, 0.4) is 0 Å². The van der Waals surface area contributed by atoms with Crippen molar-refractivity contribution in [3.8, 4) is 0 Å². The van der Waals surface area contributed by atoms with Gasteiger partial charge in [0.15, 0.2) is 0 Å². The van der Waals surface area contributed by atoms with Gasteiger partial charge in [0.1, 0.15) is 0 Å². The lowest BCUT2D eigenvalue weighted by molar-refractivity contribution is -0.174. The number of amides is 4. The first-order valence-electron chi connectivity index (χ1n) is 12.3. The number of hydrogen-bond acceptors (Lipinski definition) is 6. The van der Waals surface area contributed by atoms with Crippen LogP contribution >= 0.6 is 0 Å². The molecule has 1 atom stereocenters. The molecule has 9 nitrogen and oxygen atoms in total. The van der Waals surface area contributed by atoms with Gasteiger partial charge in [0.2, 0.25) is 5.91 Å². The lowest BCUT2D eigenvalue weighted by Gasteiger charge is -2.15. The normalized spacial score (nSPS) is 14.2. The highest BCUT2D eigenvalue weighted by Crippen LogP contribution is 2.16. The van der Waals surface area contributed by atoms with Crippen molar-refractivity contribution < 1.29 is 42.0 Å². The molecule has 1 saturated heterocycles. The first-order chi connectivity index (χ1) is 18.4. The molecular formula is C27H28F3N3O6. The van der Waals surface area contributed by atoms with E-state index < -0.39 is 35.9 Å². The summed E-state index contributed by atoms with van der Waals surface area (Å²) in [7, 11) is 0. The molecule has 4 amide bonds. The van der Waals surface area contributed by atoms with Gasteiger partial charge in [-0.25, -0.2) is 4.79 Å². The van der Waals surface area contributed by atoms with Crippen LogP contribution in [0.1, 0.15) is 59.7 Å². The Labute approximate surface area is 222 Å². The molecule has 12 heteroatoms. The van der Waals surface area contributed by atoms with Crippen molar-refractivity contribution in [1.82, 2.24) is 15.7 Å². The summed E-state index contributed by atoms with van der Waals surface area (Å²) < 4.78 is 37.1. The van der Waals surface area contributed by atoms with Gasteiger partial charge in [0.25, 0.3) is 11.8 Å². The number of hydrogen-bond donors (Lipinski definition) is 2. The highest BCUT2D eigenvalue weighted by Gasteiger charge is 2.39. The fraction of sp³-hybridized carbons (Fsp3) is 0.370. The van der Waals surface area contributed by atoms with Crippen LogP contribution in [0, 0.1) is 0 Å². The molecule has 3 rings (SSSR count). The Morgan fingerprint density at radius 1 is 0.923 bits per heavy atom. The van der Waals surface area contributed by atoms with E-state index in [0.29, 0.717) is 17.9 Å². The second-order valence-electron chi connectivity index (χ2n) is 9.18. The summed E-state index contributed by atoms with van der Waals surface area (Å²) in [6.07, 6.45) is -3.14. The molecule has 39 heavy (non-hydrogen) atoms. The Morgan fingerprint density at radius 2 is 1.49 bits per heavy atom. The van der Waals surface area contributed by atoms with Gasteiger partial charge >= 0.3 is 18.1 Å². The average Bonchev–Trinajstić information content (AvgIpc) is 3.20. The monoisotopic (exact) mass is 547 g/mol. The predicted octanol–water partition coefficient (Wildman–Crippen LogP) is 3.16. The molecule has 0 saturated carbocycles. The standard InChI is InChI=1S/C27H28F3N3O6/c1-17(32-26(38)27(28,29)30)15-19-7-5-18(6-8-19)3-2-4-22(34)31-16-20-9-11-21(12-10-20)25(37)39-33-23(35)13-14-24(33)36/h5-12,17H,2-4,13-16H2,1H3,(H,31,34)(H,32,38)/t17-/m0/s1. The minimum absolute atomic E-state index is 0.00926. The summed E-state index contributed by atoms with van der Waals surface area (Å²) >= 11 is 0. The van der Waals surface area contributed by atoms with Gasteiger partial charge in [0.05, 0.1) is 5.56 Å². The molecule has 0 radical (unpaired) electrons. The lowest BCUT2D eigenvalue weighted by Crippen LogP contribution is -2.42. The smallest absolute Gasteiger partial charge is 0.352 e. The maximum absolute atomic E-state index is 12.4. The minimum atomic E-state index is -4.91. The summed E-state index contributed by atoms with van der Waals surface area (Å²) in [5.74, 6) is -4.07. The minimum Gasteiger partial charge on any atom is -0.352 e. The van der Waals surface area contributed by atoms with Crippen molar-refractivity contribution in [2.75, 3.05) is 0 Å². The third-order valence-corrected chi connectivity index (χ3v) is 5.93. The summed E-state index contributed by atoms with van der Waals surface area (Å²) in [5.41, 5.74) is 2.65. The van der Waals surface area contributed by atoms with E-state index in [1.54, 1.807) is 24.3 Å². The van der Waals surface area contributed by atoms with E-state index in [9.17, 15) is 37.1 Å². The van der Waals surface area contributed by atoms with Gasteiger partial charge in [0, 0.05) is 31.8 Å². The Bertz CT molecular complexity index is 1200. The molecule has 1 fully saturated rings. The van der Waals surface area contributed by atoms with Crippen LogP contribution in [0.25, 0.3) is 0 Å². The number of rotatable bonds is 11. The second kappa shape index (κ2) is 13.0. The number of alkyl halides is 3. The SMILES string of the molecule is C[C@@H](Cc1ccc(CCCC(=O)NCc2ccc(C(=O)ON3C(=O)CCC3=O)cc2)cc1)NC(=O)C(F)(F)F. The van der Waals surface area contributed by atoms with Crippen molar-refractivity contribution in [3.63, 3.8) is 0 Å². The van der Waals surface area contributed by atoms with Crippen molar-refractivity contribution in [1.29, 1.82) is 0 Å². The molecule has 208 valence electrons. The Balaban J connectivity index is 1.35. The molecule has 0 spiro atoms. The highest BCUT2D eigenvalue weighted by molar-refractivity contribution is 6.02. The molecule has 0 bridgehead atoms. The van der Waals surface area contributed by atoms with Gasteiger partial charge in [-0.15, -0.1) is 5.06 Å². The molecule has 1 aliphatic rings. The Morgan fingerprint density at radius 3 is 2.08 bits per heavy atom. The number of carbonyl (C=O) groups excluding carboxylic acids is 5. The van der Waals surface area contributed by atoms with Gasteiger partial charge in [-0.3, -0.25) is 19.2 Å². The van der Waals surface area contributed by atoms with Crippen LogP contribution in [0.2, 0.25) is 0 Å². The molecule has 1 heterocycles. The zero-order valence-corrected chi connectivity index (χ0v) is 21.2. The maximum atomic E-state index is 12.4. The topological polar surface area (TPSA) is 122 Å². The molecule has 2 aromatic rings. The number of hydroxylamine groups is 2. The number of carbonyl (C=O) groups is 5. The zero-order valence-electron chi connectivity index (χ0n) is 21.2. The zero-order chi connectivity index (χ0) is 28.6. The van der Waals surface area contributed by atoms with E-state index >= 15 is 0 Å². The van der Waals surface area contributed by atoms with E-state index in [-0.39, 0.29) is 43.7 Å². The van der Waals surface area contributed by atoms with Crippen LogP contribution in [0.5, 0.6) is 0 Å². The molecule has 2 aromatic carbocycles. The summed E-state index contributed by atoms with van der Waals surface area (Å²) in [5, 5.41) is 5.20. The molecule has 0 aliphatic carbocycles. The van der Waals surface area contributed by atoms with E-state index in [4.69, 9.17) is 4.84 Å². The number of imide groups is 1. The quantitative estimate of drug-likeness (QED) is 0.417. The number of nitrogens with one attached hydrogen (secondary N) is 2. The third kappa shape index (κ3) is 8.94. The fourth-order valence-corrected chi connectivity index (χ4v) is 3.85. The van der Waals surface area contributed by atoms with E-state index in [1.165, 1.54) is 19.1 Å². The number of benzene rings is 2. The fourth-order valence-electron chi connectivity index (χ4n) is 3.85. The van der Waals surface area contributed by atoms with Gasteiger partial charge in [-0.05, 0) is 55.0 Å². The molecule has 2 N–H and O–H groups in total. The Hall–Kier alpha value is -4.22. The second-order valence-corrected chi connectivity index (χ2v) is 9.18. The average molecular weight is 548 g/mol. The predicted molar refractivity (Wildman–Crippen MR) is 132 cm³/mol. The first kappa shape index (κ1) is 29.3. The molecule has 0 unspecified atom stereocenters. The highest BCUT2D eigenvalue weighted by atomic mass is 19.4. The van der Waals surface area contributed by atoms with Crippen molar-refractivity contribution in [3.05, 3.63) is 70.8 Å². The van der Waals surface area contributed by atoms with E-state index in [1.807, 2.05) is 17.4 Å². The molecule has 1 aliphatic heterocycles.